The monoisotopic (exact) mass is 339 g/mol. The fourth-order valence-corrected chi connectivity index (χ4v) is 3.55. The zero-order valence-electron chi connectivity index (χ0n) is 14.2. The van der Waals surface area contributed by atoms with E-state index < -0.39 is 0 Å². The molecule has 1 aliphatic heterocycles. The molecule has 0 saturated carbocycles. The highest BCUT2D eigenvalue weighted by Gasteiger charge is 2.22. The number of piperidine rings is 1. The quantitative estimate of drug-likeness (QED) is 0.795. The molecule has 25 heavy (non-hydrogen) atoms. The summed E-state index contributed by atoms with van der Waals surface area (Å²) in [6.07, 6.45) is 3.44. The highest BCUT2D eigenvalue weighted by atomic mass is 16.3. The second-order valence-corrected chi connectivity index (χ2v) is 6.74. The van der Waals surface area contributed by atoms with E-state index >= 15 is 0 Å². The first-order valence-electron chi connectivity index (χ1n) is 8.62. The number of rotatable bonds is 3. The van der Waals surface area contributed by atoms with Crippen molar-refractivity contribution in [2.24, 2.45) is 0 Å². The molecule has 3 aromatic rings. The summed E-state index contributed by atoms with van der Waals surface area (Å²) in [5.74, 6) is 0.969. The predicted octanol–water partition coefficient (Wildman–Crippen LogP) is 2.43. The van der Waals surface area contributed by atoms with E-state index in [0.29, 0.717) is 5.56 Å². The summed E-state index contributed by atoms with van der Waals surface area (Å²) in [4.78, 5) is 28.3. The van der Waals surface area contributed by atoms with E-state index in [9.17, 15) is 9.59 Å². The summed E-state index contributed by atoms with van der Waals surface area (Å²) in [6.45, 7) is 4.30. The summed E-state index contributed by atoms with van der Waals surface area (Å²) in [6, 6.07) is 10.3. The van der Waals surface area contributed by atoms with Gasteiger partial charge in [0.05, 0.1) is 6.54 Å². The number of benzene rings is 1. The minimum atomic E-state index is -0.314. The number of aromatic amines is 1. The van der Waals surface area contributed by atoms with Gasteiger partial charge in [-0.3, -0.25) is 19.2 Å². The van der Waals surface area contributed by atoms with Crippen molar-refractivity contribution < 1.29 is 4.42 Å². The number of H-pyrrole nitrogens is 1. The number of nitrogens with one attached hydrogen (secondary N) is 1. The number of hydrogen-bond acceptors (Lipinski definition) is 4. The van der Waals surface area contributed by atoms with Gasteiger partial charge in [0, 0.05) is 36.3 Å². The average Bonchev–Trinajstić information content (AvgIpc) is 3.01. The minimum Gasteiger partial charge on any atom is -0.460 e. The third kappa shape index (κ3) is 3.17. The van der Waals surface area contributed by atoms with Crippen LogP contribution in [0.25, 0.3) is 11.0 Å². The Labute approximate surface area is 144 Å². The fraction of sp³-hybridized carbons (Fsp3) is 0.368. The van der Waals surface area contributed by atoms with Crippen LogP contribution in [0.15, 0.2) is 50.5 Å². The molecule has 1 fully saturated rings. The Bertz CT molecular complexity index is 973. The standard InChI is InChI=1S/C19H21N3O3/c1-13-11-22(19(24)20-18(13)23)15-6-8-21(9-7-15)12-16-10-14-4-2-3-5-17(14)25-16/h2-5,10-11,15H,6-9,12H2,1H3,(H,20,23,24). The number of aryl methyl sites for hydroxylation is 1. The Balaban J connectivity index is 1.44. The third-order valence-electron chi connectivity index (χ3n) is 4.95. The van der Waals surface area contributed by atoms with Crippen LogP contribution in [0, 0.1) is 6.92 Å². The minimum absolute atomic E-state index is 0.134. The Morgan fingerprint density at radius 1 is 1.20 bits per heavy atom. The Kier molecular flexibility index (Phi) is 4.05. The maximum atomic E-state index is 12.0. The van der Waals surface area contributed by atoms with Crippen molar-refractivity contribution in [2.75, 3.05) is 13.1 Å². The number of hydrogen-bond donors (Lipinski definition) is 1. The van der Waals surface area contributed by atoms with Crippen LogP contribution in [0.5, 0.6) is 0 Å². The first kappa shape index (κ1) is 15.9. The molecule has 0 amide bonds. The van der Waals surface area contributed by atoms with E-state index in [1.54, 1.807) is 17.7 Å². The second kappa shape index (κ2) is 6.37. The Hall–Kier alpha value is -2.60. The number of aromatic nitrogens is 2. The molecule has 1 saturated heterocycles. The molecule has 6 nitrogen and oxygen atoms in total. The van der Waals surface area contributed by atoms with Crippen molar-refractivity contribution in [3.8, 4) is 0 Å². The van der Waals surface area contributed by atoms with Crippen molar-refractivity contribution in [2.45, 2.75) is 32.4 Å². The van der Waals surface area contributed by atoms with Crippen LogP contribution in [0.4, 0.5) is 0 Å². The zero-order chi connectivity index (χ0) is 17.4. The van der Waals surface area contributed by atoms with Gasteiger partial charge in [-0.05, 0) is 31.9 Å². The molecule has 4 rings (SSSR count). The normalized spacial score (nSPS) is 16.5. The SMILES string of the molecule is Cc1cn(C2CCN(Cc3cc4ccccc4o3)CC2)c(=O)[nH]c1=O. The second-order valence-electron chi connectivity index (χ2n) is 6.74. The Morgan fingerprint density at radius 3 is 2.72 bits per heavy atom. The van der Waals surface area contributed by atoms with E-state index in [0.717, 1.165) is 49.2 Å². The highest BCUT2D eigenvalue weighted by Crippen LogP contribution is 2.24. The maximum absolute atomic E-state index is 12.0. The summed E-state index contributed by atoms with van der Waals surface area (Å²) in [5.41, 5.74) is 0.877. The van der Waals surface area contributed by atoms with Gasteiger partial charge in [0.25, 0.3) is 5.56 Å². The largest absolute Gasteiger partial charge is 0.460 e. The molecule has 0 bridgehead atoms. The molecule has 0 aliphatic carbocycles. The smallest absolute Gasteiger partial charge is 0.328 e. The van der Waals surface area contributed by atoms with Crippen molar-refractivity contribution in [3.63, 3.8) is 0 Å². The fourth-order valence-electron chi connectivity index (χ4n) is 3.55. The van der Waals surface area contributed by atoms with E-state index in [4.69, 9.17) is 4.42 Å². The molecule has 0 spiro atoms. The highest BCUT2D eigenvalue weighted by molar-refractivity contribution is 5.77. The molecular weight excluding hydrogens is 318 g/mol. The van der Waals surface area contributed by atoms with Crippen LogP contribution < -0.4 is 11.2 Å². The molecule has 1 N–H and O–H groups in total. The summed E-state index contributed by atoms with van der Waals surface area (Å²) >= 11 is 0. The maximum Gasteiger partial charge on any atom is 0.328 e. The van der Waals surface area contributed by atoms with Crippen LogP contribution in [0.3, 0.4) is 0 Å². The van der Waals surface area contributed by atoms with Crippen LogP contribution in [0.2, 0.25) is 0 Å². The molecule has 6 heteroatoms. The first-order valence-corrected chi connectivity index (χ1v) is 8.62. The van der Waals surface area contributed by atoms with E-state index in [2.05, 4.69) is 22.0 Å². The predicted molar refractivity (Wildman–Crippen MR) is 95.8 cm³/mol. The van der Waals surface area contributed by atoms with Gasteiger partial charge in [-0.25, -0.2) is 4.79 Å². The average molecular weight is 339 g/mol. The van der Waals surface area contributed by atoms with E-state index in [1.807, 2.05) is 18.2 Å². The summed E-state index contributed by atoms with van der Waals surface area (Å²) in [7, 11) is 0. The molecule has 1 aromatic carbocycles. The van der Waals surface area contributed by atoms with Gasteiger partial charge in [0.15, 0.2) is 0 Å². The lowest BCUT2D eigenvalue weighted by atomic mass is 10.0. The van der Waals surface area contributed by atoms with Gasteiger partial charge in [-0.2, -0.15) is 0 Å². The number of nitrogens with zero attached hydrogens (tertiary/aromatic N) is 2. The van der Waals surface area contributed by atoms with Crippen molar-refractivity contribution in [1.29, 1.82) is 0 Å². The van der Waals surface area contributed by atoms with Gasteiger partial charge in [0.1, 0.15) is 11.3 Å². The van der Waals surface area contributed by atoms with Crippen molar-refractivity contribution >= 4 is 11.0 Å². The van der Waals surface area contributed by atoms with Crippen LogP contribution in [0.1, 0.15) is 30.2 Å². The molecule has 3 heterocycles. The number of likely N-dealkylation sites (tertiary alicyclic amines) is 1. The number of furan rings is 1. The molecule has 0 atom stereocenters. The summed E-state index contributed by atoms with van der Waals surface area (Å²) in [5, 5.41) is 1.13. The van der Waals surface area contributed by atoms with Gasteiger partial charge >= 0.3 is 5.69 Å². The van der Waals surface area contributed by atoms with Gasteiger partial charge in [-0.15, -0.1) is 0 Å². The zero-order valence-corrected chi connectivity index (χ0v) is 14.2. The molecule has 0 radical (unpaired) electrons. The van der Waals surface area contributed by atoms with Crippen LogP contribution in [-0.2, 0) is 6.54 Å². The topological polar surface area (TPSA) is 71.2 Å². The first-order chi connectivity index (χ1) is 12.1. The van der Waals surface area contributed by atoms with Crippen molar-refractivity contribution in [3.05, 3.63) is 68.7 Å². The molecule has 0 unspecified atom stereocenters. The third-order valence-corrected chi connectivity index (χ3v) is 4.95. The number of para-hydroxylation sites is 1. The lowest BCUT2D eigenvalue weighted by molar-refractivity contribution is 0.167. The van der Waals surface area contributed by atoms with E-state index in [1.165, 1.54) is 0 Å². The Morgan fingerprint density at radius 2 is 1.96 bits per heavy atom. The lowest BCUT2D eigenvalue weighted by Crippen LogP contribution is -2.39. The van der Waals surface area contributed by atoms with Gasteiger partial charge < -0.3 is 4.42 Å². The van der Waals surface area contributed by atoms with Gasteiger partial charge in [0.2, 0.25) is 0 Å². The van der Waals surface area contributed by atoms with Gasteiger partial charge in [-0.1, -0.05) is 18.2 Å². The number of fused-ring (bicyclic) bond motifs is 1. The molecule has 130 valence electrons. The molecular formula is C19H21N3O3. The molecule has 2 aromatic heterocycles. The molecule has 1 aliphatic rings. The van der Waals surface area contributed by atoms with Crippen molar-refractivity contribution in [1.82, 2.24) is 14.5 Å². The van der Waals surface area contributed by atoms with Crippen LogP contribution >= 0.6 is 0 Å². The van der Waals surface area contributed by atoms with E-state index in [-0.39, 0.29) is 17.3 Å². The summed E-state index contributed by atoms with van der Waals surface area (Å²) < 4.78 is 7.57. The lowest BCUT2D eigenvalue weighted by Gasteiger charge is -2.32. The van der Waals surface area contributed by atoms with Crippen LogP contribution in [-0.4, -0.2) is 27.5 Å².